The molecule has 0 bridgehead atoms. The molecule has 1 atom stereocenters. The number of ether oxygens (including phenoxy) is 1. The molecule has 0 aliphatic carbocycles. The second kappa shape index (κ2) is 9.23. The molecule has 21 heavy (non-hydrogen) atoms. The number of aliphatic carboxylic acids is 1. The number of halogens is 1. The minimum Gasteiger partial charge on any atom is -0.481 e. The van der Waals surface area contributed by atoms with Crippen molar-refractivity contribution in [3.05, 3.63) is 28.7 Å². The Hall–Kier alpha value is -1.76. The highest BCUT2D eigenvalue weighted by Crippen LogP contribution is 2.25. The minimum absolute atomic E-state index is 0.0134. The predicted octanol–water partition coefficient (Wildman–Crippen LogP) is 3.72. The summed E-state index contributed by atoms with van der Waals surface area (Å²) in [4.78, 5) is 22.3. The molecule has 0 amide bonds. The van der Waals surface area contributed by atoms with Gasteiger partial charge in [-0.3, -0.25) is 4.79 Å². The van der Waals surface area contributed by atoms with Crippen molar-refractivity contribution in [2.45, 2.75) is 32.2 Å². The van der Waals surface area contributed by atoms with E-state index >= 15 is 0 Å². The second-order valence-electron chi connectivity index (χ2n) is 4.22. The van der Waals surface area contributed by atoms with Crippen molar-refractivity contribution in [1.29, 1.82) is 0 Å². The lowest BCUT2D eigenvalue weighted by molar-refractivity contribution is -0.145. The highest BCUT2D eigenvalue weighted by molar-refractivity contribution is 9.10. The van der Waals surface area contributed by atoms with E-state index in [1.165, 1.54) is 0 Å². The first-order valence-electron chi connectivity index (χ1n) is 6.58. The summed E-state index contributed by atoms with van der Waals surface area (Å²) < 4.78 is 5.69. The summed E-state index contributed by atoms with van der Waals surface area (Å²) in [6.45, 7) is 1.95. The number of benzene rings is 1. The van der Waals surface area contributed by atoms with Gasteiger partial charge in [0.25, 0.3) is 0 Å². The number of nitrogens with zero attached hydrogens (tertiary/aromatic N) is 2. The van der Waals surface area contributed by atoms with Gasteiger partial charge >= 0.3 is 11.9 Å². The molecule has 0 aromatic heterocycles. The normalized spacial score (nSPS) is 12.3. The average Bonchev–Trinajstić information content (AvgIpc) is 2.44. The van der Waals surface area contributed by atoms with Crippen LogP contribution in [0.25, 0.3) is 0 Å². The Morgan fingerprint density at radius 2 is 2.10 bits per heavy atom. The summed E-state index contributed by atoms with van der Waals surface area (Å²) in [5.74, 6) is -1.39. The molecule has 1 aromatic rings. The molecule has 0 aliphatic heterocycles. The zero-order valence-electron chi connectivity index (χ0n) is 11.7. The van der Waals surface area contributed by atoms with Gasteiger partial charge in [0.2, 0.25) is 0 Å². The lowest BCUT2D eigenvalue weighted by Crippen LogP contribution is -2.21. The fourth-order valence-corrected chi connectivity index (χ4v) is 1.94. The monoisotopic (exact) mass is 356 g/mol. The second-order valence-corrected chi connectivity index (χ2v) is 5.08. The van der Waals surface area contributed by atoms with Gasteiger partial charge < -0.3 is 9.84 Å². The van der Waals surface area contributed by atoms with Crippen LogP contribution in [-0.2, 0) is 14.3 Å². The fraction of sp³-hybridized carbons (Fsp3) is 0.429. The standard InChI is InChI=1S/C14H17BrN2O4/c1-2-21-14(20)12(8-5-9-13(18)19)17-16-11-7-4-3-6-10(11)15/h3-4,6-7,12H,2,5,8-9H2,1H3,(H,18,19)/t12-/m0/s1. The van der Waals surface area contributed by atoms with Crippen LogP contribution in [0.1, 0.15) is 26.2 Å². The predicted molar refractivity (Wildman–Crippen MR) is 80.6 cm³/mol. The van der Waals surface area contributed by atoms with E-state index in [1.54, 1.807) is 13.0 Å². The number of carboxylic acid groups (broad SMARTS) is 1. The average molecular weight is 357 g/mol. The Morgan fingerprint density at radius 3 is 2.71 bits per heavy atom. The Balaban J connectivity index is 2.74. The third-order valence-electron chi connectivity index (χ3n) is 2.58. The van der Waals surface area contributed by atoms with Crippen LogP contribution < -0.4 is 0 Å². The number of hydrogen-bond donors (Lipinski definition) is 1. The number of carboxylic acids is 1. The van der Waals surface area contributed by atoms with Gasteiger partial charge in [0.1, 0.15) is 0 Å². The molecular weight excluding hydrogens is 340 g/mol. The summed E-state index contributed by atoms with van der Waals surface area (Å²) in [6, 6.07) is 6.45. The van der Waals surface area contributed by atoms with Crippen LogP contribution in [0.15, 0.2) is 39.0 Å². The maximum absolute atomic E-state index is 11.8. The highest BCUT2D eigenvalue weighted by Gasteiger charge is 2.19. The molecule has 7 heteroatoms. The molecule has 0 heterocycles. The van der Waals surface area contributed by atoms with E-state index in [0.29, 0.717) is 18.5 Å². The van der Waals surface area contributed by atoms with E-state index in [-0.39, 0.29) is 13.0 Å². The minimum atomic E-state index is -0.902. The molecule has 0 aliphatic rings. The van der Waals surface area contributed by atoms with E-state index in [4.69, 9.17) is 9.84 Å². The lowest BCUT2D eigenvalue weighted by Gasteiger charge is -2.09. The Morgan fingerprint density at radius 1 is 1.38 bits per heavy atom. The van der Waals surface area contributed by atoms with Gasteiger partial charge in [-0.2, -0.15) is 10.2 Å². The van der Waals surface area contributed by atoms with Crippen LogP contribution in [0.4, 0.5) is 5.69 Å². The Kier molecular flexibility index (Phi) is 7.60. The van der Waals surface area contributed by atoms with Crippen LogP contribution in [0.5, 0.6) is 0 Å². The van der Waals surface area contributed by atoms with Crippen LogP contribution in [-0.4, -0.2) is 29.7 Å². The molecule has 1 rings (SSSR count). The van der Waals surface area contributed by atoms with E-state index < -0.39 is 18.0 Å². The Bertz CT molecular complexity index is 519. The zero-order valence-corrected chi connectivity index (χ0v) is 13.2. The first-order valence-corrected chi connectivity index (χ1v) is 7.37. The topological polar surface area (TPSA) is 88.3 Å². The van der Waals surface area contributed by atoms with Crippen molar-refractivity contribution in [2.75, 3.05) is 6.61 Å². The van der Waals surface area contributed by atoms with Gasteiger partial charge in [0, 0.05) is 10.9 Å². The lowest BCUT2D eigenvalue weighted by atomic mass is 10.1. The summed E-state index contributed by atoms with van der Waals surface area (Å²) in [6.07, 6.45) is 0.618. The van der Waals surface area contributed by atoms with Crippen LogP contribution in [0, 0.1) is 0 Å². The fourth-order valence-electron chi connectivity index (χ4n) is 1.57. The number of rotatable bonds is 8. The maximum atomic E-state index is 11.8. The number of carbonyl (C=O) groups is 2. The maximum Gasteiger partial charge on any atom is 0.332 e. The first-order chi connectivity index (χ1) is 10.0. The van der Waals surface area contributed by atoms with Gasteiger partial charge in [-0.1, -0.05) is 12.1 Å². The summed E-state index contributed by atoms with van der Waals surface area (Å²) in [5.41, 5.74) is 0.602. The molecule has 6 nitrogen and oxygen atoms in total. The SMILES string of the molecule is CCOC(=O)[C@H](CCCC(=O)O)N=Nc1ccccc1Br. The van der Waals surface area contributed by atoms with Crippen molar-refractivity contribution in [1.82, 2.24) is 0 Å². The van der Waals surface area contributed by atoms with Gasteiger partial charge in [-0.05, 0) is 47.8 Å². The Labute approximate surface area is 131 Å². The smallest absolute Gasteiger partial charge is 0.332 e. The summed E-state index contributed by atoms with van der Waals surface area (Å²) in [5, 5.41) is 16.7. The third kappa shape index (κ3) is 6.48. The molecule has 0 saturated heterocycles. The van der Waals surface area contributed by atoms with Crippen molar-refractivity contribution >= 4 is 33.6 Å². The van der Waals surface area contributed by atoms with Crippen LogP contribution in [0.3, 0.4) is 0 Å². The number of hydrogen-bond acceptors (Lipinski definition) is 5. The molecule has 1 N–H and O–H groups in total. The molecule has 0 radical (unpaired) electrons. The molecule has 114 valence electrons. The quantitative estimate of drug-likeness (QED) is 0.567. The van der Waals surface area contributed by atoms with E-state index in [0.717, 1.165) is 4.47 Å². The number of carbonyl (C=O) groups excluding carboxylic acids is 1. The number of esters is 1. The van der Waals surface area contributed by atoms with E-state index in [1.807, 2.05) is 18.2 Å². The van der Waals surface area contributed by atoms with Crippen LogP contribution >= 0.6 is 15.9 Å². The summed E-state index contributed by atoms with van der Waals surface area (Å²) >= 11 is 3.34. The van der Waals surface area contributed by atoms with Crippen LogP contribution in [0.2, 0.25) is 0 Å². The van der Waals surface area contributed by atoms with Gasteiger partial charge in [-0.25, -0.2) is 4.79 Å². The van der Waals surface area contributed by atoms with Gasteiger partial charge in [0.05, 0.1) is 12.3 Å². The summed E-state index contributed by atoms with van der Waals surface area (Å²) in [7, 11) is 0. The molecule has 0 fully saturated rings. The van der Waals surface area contributed by atoms with Crippen molar-refractivity contribution in [3.8, 4) is 0 Å². The van der Waals surface area contributed by atoms with Crippen molar-refractivity contribution < 1.29 is 19.4 Å². The molecule has 1 aromatic carbocycles. The first kappa shape index (κ1) is 17.3. The highest BCUT2D eigenvalue weighted by atomic mass is 79.9. The number of azo groups is 1. The van der Waals surface area contributed by atoms with E-state index in [9.17, 15) is 9.59 Å². The third-order valence-corrected chi connectivity index (χ3v) is 3.25. The van der Waals surface area contributed by atoms with Crippen molar-refractivity contribution in [3.63, 3.8) is 0 Å². The van der Waals surface area contributed by atoms with E-state index in [2.05, 4.69) is 26.2 Å². The molecule has 0 spiro atoms. The van der Waals surface area contributed by atoms with Gasteiger partial charge in [-0.15, -0.1) is 0 Å². The van der Waals surface area contributed by atoms with Crippen molar-refractivity contribution in [2.24, 2.45) is 10.2 Å². The molecule has 0 saturated carbocycles. The van der Waals surface area contributed by atoms with Gasteiger partial charge in [0.15, 0.2) is 6.04 Å². The largest absolute Gasteiger partial charge is 0.481 e. The zero-order chi connectivity index (χ0) is 15.7. The molecule has 0 unspecified atom stereocenters. The molecular formula is C14H17BrN2O4.